The molecule has 0 saturated heterocycles. The summed E-state index contributed by atoms with van der Waals surface area (Å²) in [6, 6.07) is 0. The van der Waals surface area contributed by atoms with Crippen molar-refractivity contribution in [2.24, 2.45) is 40.4 Å². The Morgan fingerprint density at radius 3 is 2.36 bits per heavy atom. The lowest BCUT2D eigenvalue weighted by molar-refractivity contribution is -0.190. The number of alkyl halides is 1. The van der Waals surface area contributed by atoms with Crippen molar-refractivity contribution < 1.29 is 19.1 Å². The van der Waals surface area contributed by atoms with Gasteiger partial charge in [0, 0.05) is 24.7 Å². The molecular formula is C23H33BrO4. The van der Waals surface area contributed by atoms with Crippen LogP contribution in [0.4, 0.5) is 0 Å². The minimum atomic E-state index is -0.250. The Morgan fingerprint density at radius 2 is 1.71 bits per heavy atom. The fourth-order valence-corrected chi connectivity index (χ4v) is 9.16. The summed E-state index contributed by atoms with van der Waals surface area (Å²) in [7, 11) is 0. The molecule has 4 saturated carbocycles. The van der Waals surface area contributed by atoms with Crippen LogP contribution in [0.25, 0.3) is 0 Å². The number of rotatable bonds is 2. The maximum atomic E-state index is 12.5. The SMILES string of the molecule is CC(=O)O[C@H]1CC2C(CC[C@@H]3[C@@H](Br)C(=O)CC[C@]23C)C2CC[C@H](C(C)=O)[C@]21C. The first-order valence-electron chi connectivity index (χ1n) is 10.9. The molecule has 4 aliphatic carbocycles. The van der Waals surface area contributed by atoms with Crippen molar-refractivity contribution in [3.05, 3.63) is 0 Å². The lowest BCUT2D eigenvalue weighted by Crippen LogP contribution is -2.61. The molecule has 0 aliphatic heterocycles. The first-order chi connectivity index (χ1) is 13.1. The van der Waals surface area contributed by atoms with Crippen LogP contribution in [0.2, 0.25) is 0 Å². The Kier molecular flexibility index (Phi) is 5.08. The second-order valence-corrected chi connectivity index (χ2v) is 11.4. The minimum absolute atomic E-state index is 0.00909. The molecule has 4 rings (SSSR count). The van der Waals surface area contributed by atoms with E-state index in [0.717, 1.165) is 38.5 Å². The first-order valence-corrected chi connectivity index (χ1v) is 11.9. The molecule has 5 heteroatoms. The maximum Gasteiger partial charge on any atom is 0.302 e. The van der Waals surface area contributed by atoms with Crippen LogP contribution in [0, 0.1) is 40.4 Å². The summed E-state index contributed by atoms with van der Waals surface area (Å²) in [5, 5.41) is 0. The number of esters is 1. The van der Waals surface area contributed by atoms with Crippen molar-refractivity contribution in [3.8, 4) is 0 Å². The van der Waals surface area contributed by atoms with E-state index in [1.807, 2.05) is 0 Å². The molecule has 4 nitrogen and oxygen atoms in total. The third kappa shape index (κ3) is 2.78. The summed E-state index contributed by atoms with van der Waals surface area (Å²) < 4.78 is 5.94. The Labute approximate surface area is 176 Å². The fourth-order valence-electron chi connectivity index (χ4n) is 8.07. The fraction of sp³-hybridized carbons (Fsp3) is 0.870. The highest BCUT2D eigenvalue weighted by Gasteiger charge is 2.66. The standard InChI is InChI=1S/C23H33BrO4/c1-12(25)15-7-8-16-14-5-6-17-21(24)19(27)9-10-22(17,3)18(14)11-20(23(15,16)4)28-13(2)26/h14-18,20-21H,5-11H2,1-4H3/t14?,15-,16?,17-,18?,20+,21-,22+,23-/m1/s1. The molecule has 156 valence electrons. The number of Topliss-reactive ketones (excluding diaryl/α,β-unsaturated/α-hetero) is 2. The molecule has 0 bridgehead atoms. The van der Waals surface area contributed by atoms with E-state index in [2.05, 4.69) is 29.8 Å². The zero-order valence-electron chi connectivity index (χ0n) is 17.5. The van der Waals surface area contributed by atoms with Gasteiger partial charge in [-0.2, -0.15) is 0 Å². The zero-order valence-corrected chi connectivity index (χ0v) is 19.1. The Morgan fingerprint density at radius 1 is 1.04 bits per heavy atom. The normalized spacial score (nSPS) is 50.3. The van der Waals surface area contributed by atoms with E-state index in [1.165, 1.54) is 6.92 Å². The number of carbonyl (C=O) groups is 3. The van der Waals surface area contributed by atoms with Gasteiger partial charge in [-0.15, -0.1) is 0 Å². The lowest BCUT2D eigenvalue weighted by atomic mass is 9.44. The Balaban J connectivity index is 1.73. The number of halogens is 1. The third-order valence-electron chi connectivity index (χ3n) is 9.39. The van der Waals surface area contributed by atoms with E-state index in [-0.39, 0.29) is 39.4 Å². The highest BCUT2D eigenvalue weighted by molar-refractivity contribution is 9.10. The van der Waals surface area contributed by atoms with Crippen molar-refractivity contribution in [2.45, 2.75) is 83.6 Å². The highest BCUT2D eigenvalue weighted by atomic mass is 79.9. The summed E-state index contributed by atoms with van der Waals surface area (Å²) in [6.45, 7) is 7.78. The summed E-state index contributed by atoms with van der Waals surface area (Å²) in [5.41, 5.74) is -0.154. The predicted octanol–water partition coefficient (Wildman–Crippen LogP) is 4.72. The quantitative estimate of drug-likeness (QED) is 0.449. The van der Waals surface area contributed by atoms with Gasteiger partial charge in [-0.25, -0.2) is 0 Å². The number of carbonyl (C=O) groups excluding carboxylic acids is 3. The zero-order chi connectivity index (χ0) is 20.4. The van der Waals surface area contributed by atoms with Gasteiger partial charge in [0.25, 0.3) is 0 Å². The largest absolute Gasteiger partial charge is 0.462 e. The molecule has 4 fully saturated rings. The monoisotopic (exact) mass is 452 g/mol. The van der Waals surface area contributed by atoms with Gasteiger partial charge < -0.3 is 4.74 Å². The second kappa shape index (κ2) is 6.92. The molecule has 0 amide bonds. The molecule has 0 radical (unpaired) electrons. The van der Waals surface area contributed by atoms with Crippen LogP contribution in [-0.2, 0) is 19.1 Å². The lowest BCUT2D eigenvalue weighted by Gasteiger charge is -2.62. The van der Waals surface area contributed by atoms with E-state index in [0.29, 0.717) is 35.9 Å². The van der Waals surface area contributed by atoms with Crippen LogP contribution in [0.5, 0.6) is 0 Å². The molecule has 9 atom stereocenters. The average molecular weight is 453 g/mol. The first kappa shape index (κ1) is 20.6. The van der Waals surface area contributed by atoms with Gasteiger partial charge in [0.1, 0.15) is 17.7 Å². The van der Waals surface area contributed by atoms with Gasteiger partial charge in [0.15, 0.2) is 0 Å². The maximum absolute atomic E-state index is 12.5. The van der Waals surface area contributed by atoms with Gasteiger partial charge in [-0.3, -0.25) is 14.4 Å². The molecule has 0 aromatic carbocycles. The molecule has 0 aromatic rings. The second-order valence-electron chi connectivity index (χ2n) is 10.4. The molecule has 28 heavy (non-hydrogen) atoms. The van der Waals surface area contributed by atoms with E-state index in [1.54, 1.807) is 6.92 Å². The highest BCUT2D eigenvalue weighted by Crippen LogP contribution is 2.68. The average Bonchev–Trinajstić information content (AvgIpc) is 2.98. The number of hydrogen-bond donors (Lipinski definition) is 0. The minimum Gasteiger partial charge on any atom is -0.462 e. The number of ketones is 2. The predicted molar refractivity (Wildman–Crippen MR) is 110 cm³/mol. The molecule has 0 N–H and O–H groups in total. The summed E-state index contributed by atoms with van der Waals surface area (Å²) >= 11 is 3.72. The van der Waals surface area contributed by atoms with E-state index in [9.17, 15) is 14.4 Å². The molecule has 4 aliphatic rings. The molecule has 0 heterocycles. The van der Waals surface area contributed by atoms with Crippen LogP contribution in [-0.4, -0.2) is 28.5 Å². The summed E-state index contributed by atoms with van der Waals surface area (Å²) in [6.07, 6.45) is 6.38. The van der Waals surface area contributed by atoms with Gasteiger partial charge in [-0.05, 0) is 74.5 Å². The van der Waals surface area contributed by atoms with Crippen molar-refractivity contribution in [2.75, 3.05) is 0 Å². The van der Waals surface area contributed by atoms with E-state index < -0.39 is 0 Å². The Bertz CT molecular complexity index is 705. The Hall–Kier alpha value is -0.710. The summed E-state index contributed by atoms with van der Waals surface area (Å²) in [4.78, 5) is 36.8. The van der Waals surface area contributed by atoms with Crippen LogP contribution in [0.15, 0.2) is 0 Å². The number of hydrogen-bond acceptors (Lipinski definition) is 4. The topological polar surface area (TPSA) is 60.4 Å². The van der Waals surface area contributed by atoms with Crippen molar-refractivity contribution in [3.63, 3.8) is 0 Å². The van der Waals surface area contributed by atoms with E-state index in [4.69, 9.17) is 4.74 Å². The van der Waals surface area contributed by atoms with Gasteiger partial charge in [-0.1, -0.05) is 29.8 Å². The van der Waals surface area contributed by atoms with Gasteiger partial charge >= 0.3 is 5.97 Å². The van der Waals surface area contributed by atoms with Crippen molar-refractivity contribution >= 4 is 33.5 Å². The smallest absolute Gasteiger partial charge is 0.302 e. The van der Waals surface area contributed by atoms with Gasteiger partial charge in [0.2, 0.25) is 0 Å². The van der Waals surface area contributed by atoms with Crippen LogP contribution < -0.4 is 0 Å². The van der Waals surface area contributed by atoms with Crippen molar-refractivity contribution in [1.29, 1.82) is 0 Å². The molecular weight excluding hydrogens is 420 g/mol. The number of ether oxygens (including phenoxy) is 1. The summed E-state index contributed by atoms with van der Waals surface area (Å²) in [5.74, 6) is 2.14. The van der Waals surface area contributed by atoms with Crippen LogP contribution in [0.1, 0.15) is 72.6 Å². The third-order valence-corrected chi connectivity index (χ3v) is 10.5. The van der Waals surface area contributed by atoms with Gasteiger partial charge in [0.05, 0.1) is 4.83 Å². The van der Waals surface area contributed by atoms with Crippen molar-refractivity contribution in [1.82, 2.24) is 0 Å². The number of fused-ring (bicyclic) bond motifs is 5. The van der Waals surface area contributed by atoms with Crippen LogP contribution in [0.3, 0.4) is 0 Å². The molecule has 0 aromatic heterocycles. The molecule has 0 spiro atoms. The molecule has 3 unspecified atom stereocenters. The van der Waals surface area contributed by atoms with E-state index >= 15 is 0 Å². The van der Waals surface area contributed by atoms with Crippen LogP contribution >= 0.6 is 15.9 Å².